The second-order valence-corrected chi connectivity index (χ2v) is 25.8. The molecule has 1 atom stereocenters. The summed E-state index contributed by atoms with van der Waals surface area (Å²) in [5.74, 6) is 0. The van der Waals surface area contributed by atoms with Gasteiger partial charge in [-0.25, -0.2) is 0 Å². The molecule has 1 unspecified atom stereocenters. The van der Waals surface area contributed by atoms with Gasteiger partial charge in [0.1, 0.15) is 0 Å². The van der Waals surface area contributed by atoms with Crippen LogP contribution in [0.15, 0.2) is 324 Å². The minimum atomic E-state index is -1.91. The second kappa shape index (κ2) is 16.8. The molecule has 1 aliphatic heterocycles. The van der Waals surface area contributed by atoms with Crippen LogP contribution in [-0.4, -0.2) is 9.13 Å². The number of rotatable bonds is 9. The van der Waals surface area contributed by atoms with Crippen molar-refractivity contribution in [1.29, 1.82) is 0 Å². The van der Waals surface area contributed by atoms with Gasteiger partial charge in [0.25, 0.3) is 0 Å². The first-order chi connectivity index (χ1) is 36.7. The van der Waals surface area contributed by atoms with Crippen molar-refractivity contribution in [1.82, 2.24) is 9.13 Å². The fourth-order valence-electron chi connectivity index (χ4n) is 13.0. The van der Waals surface area contributed by atoms with Gasteiger partial charge in [-0.2, -0.15) is 0 Å². The molecule has 0 saturated heterocycles. The van der Waals surface area contributed by atoms with E-state index in [1.807, 2.05) is 0 Å². The highest BCUT2D eigenvalue weighted by molar-refractivity contribution is 8.34. The molecule has 10 aromatic carbocycles. The van der Waals surface area contributed by atoms with E-state index in [1.165, 1.54) is 106 Å². The van der Waals surface area contributed by atoms with Gasteiger partial charge in [-0.05, 0) is 128 Å². The summed E-state index contributed by atoms with van der Waals surface area (Å²) in [6, 6.07) is 100. The number of allylic oxidation sites excluding steroid dienone is 5. The summed E-state index contributed by atoms with van der Waals surface area (Å²) in [7, 11) is -3.82. The lowest BCUT2D eigenvalue weighted by Gasteiger charge is -2.42. The van der Waals surface area contributed by atoms with Crippen LogP contribution in [0.3, 0.4) is 0 Å². The maximum Gasteiger partial charge on any atom is 0.0609 e. The Morgan fingerprint density at radius 1 is 0.338 bits per heavy atom. The lowest BCUT2D eigenvalue weighted by atomic mass is 9.68. The molecule has 3 aliphatic rings. The van der Waals surface area contributed by atoms with Crippen molar-refractivity contribution in [3.05, 3.63) is 302 Å². The zero-order valence-corrected chi connectivity index (χ0v) is 42.3. The van der Waals surface area contributed by atoms with Gasteiger partial charge in [0.15, 0.2) is 0 Å². The van der Waals surface area contributed by atoms with Gasteiger partial charge in [0.05, 0.1) is 33.3 Å². The number of hydrogen-bond acceptors (Lipinski definition) is 0. The standard InChI is InChI=1S/C70H50N2S2/c1-7-24-50(25-8-1)73(51-26-9-2-10-27-51,52-28-11-3-12-29-52)56-42-44-65-62(48-56)58-36-19-21-38-63(58)71(65)66-40-23-46-70-47-45-60-59-43-41-57(49-67(59)72(69(60)70)64-39-22-20-37-61(64)68(66)70)74(53-30-13-4-14-31-53,54-32-15-5-16-33-54)55-34-17-6-18-35-55/h1-45,47-49H,46H2. The zero-order valence-electron chi connectivity index (χ0n) is 40.6. The summed E-state index contributed by atoms with van der Waals surface area (Å²) < 4.78 is 5.23. The molecule has 0 bridgehead atoms. The third-order valence-electron chi connectivity index (χ3n) is 15.9. The lowest BCUT2D eigenvalue weighted by molar-refractivity contribution is 0.653. The largest absolute Gasteiger partial charge is 0.311 e. The summed E-state index contributed by atoms with van der Waals surface area (Å²) in [6.07, 6.45) is 10.7. The van der Waals surface area contributed by atoms with Crippen molar-refractivity contribution < 1.29 is 0 Å². The van der Waals surface area contributed by atoms with Gasteiger partial charge < -0.3 is 9.13 Å². The van der Waals surface area contributed by atoms with Crippen LogP contribution in [0.4, 0.5) is 0 Å². The molecule has 2 nitrogen and oxygen atoms in total. The average Bonchev–Trinajstić information content (AvgIpc) is 4.14. The molecule has 0 N–H and O–H groups in total. The van der Waals surface area contributed by atoms with E-state index >= 15 is 0 Å². The van der Waals surface area contributed by atoms with Crippen LogP contribution in [-0.2, 0) is 5.41 Å². The van der Waals surface area contributed by atoms with Crippen LogP contribution < -0.4 is 0 Å². The molecule has 12 aromatic rings. The zero-order chi connectivity index (χ0) is 48.8. The van der Waals surface area contributed by atoms with Crippen LogP contribution in [0.25, 0.3) is 55.7 Å². The van der Waals surface area contributed by atoms with Crippen molar-refractivity contribution in [2.45, 2.75) is 51.0 Å². The highest BCUT2D eigenvalue weighted by atomic mass is 32.3. The van der Waals surface area contributed by atoms with E-state index < -0.39 is 20.1 Å². The van der Waals surface area contributed by atoms with Crippen LogP contribution in [0.2, 0.25) is 0 Å². The molecule has 2 aliphatic carbocycles. The summed E-state index contributed by atoms with van der Waals surface area (Å²) in [4.78, 5) is 10.6. The van der Waals surface area contributed by atoms with Gasteiger partial charge >= 0.3 is 0 Å². The van der Waals surface area contributed by atoms with Crippen molar-refractivity contribution in [3.63, 3.8) is 0 Å². The molecule has 3 heterocycles. The van der Waals surface area contributed by atoms with Gasteiger partial charge in [0.2, 0.25) is 0 Å². The van der Waals surface area contributed by atoms with Crippen molar-refractivity contribution >= 4 is 70.1 Å². The van der Waals surface area contributed by atoms with Gasteiger partial charge in [0, 0.05) is 77.7 Å². The predicted molar refractivity (Wildman–Crippen MR) is 310 cm³/mol. The first-order valence-electron chi connectivity index (χ1n) is 25.6. The van der Waals surface area contributed by atoms with Crippen LogP contribution in [0.1, 0.15) is 23.2 Å². The first-order valence-corrected chi connectivity index (χ1v) is 28.9. The Kier molecular flexibility index (Phi) is 9.76. The molecule has 4 heteroatoms. The average molecular weight is 983 g/mol. The smallest absolute Gasteiger partial charge is 0.0609 e. The van der Waals surface area contributed by atoms with Gasteiger partial charge in [-0.1, -0.05) is 170 Å². The molecule has 1 spiro atoms. The Bertz CT molecular complexity index is 4060. The fourth-order valence-corrected chi connectivity index (χ4v) is 20.8. The molecule has 352 valence electrons. The van der Waals surface area contributed by atoms with E-state index in [0.717, 1.165) is 6.42 Å². The van der Waals surface area contributed by atoms with Crippen LogP contribution in [0, 0.1) is 0 Å². The number of aromatic nitrogens is 2. The minimum Gasteiger partial charge on any atom is -0.311 e. The molecular formula is C70H50N2S2. The molecule has 0 radical (unpaired) electrons. The molecule has 0 fully saturated rings. The molecule has 74 heavy (non-hydrogen) atoms. The third-order valence-corrected chi connectivity index (χ3v) is 23.7. The molecule has 0 saturated carbocycles. The monoisotopic (exact) mass is 982 g/mol. The third kappa shape index (κ3) is 5.92. The molecular weight excluding hydrogens is 933 g/mol. The van der Waals surface area contributed by atoms with E-state index in [1.54, 1.807) is 0 Å². The highest BCUT2D eigenvalue weighted by Crippen LogP contribution is 2.75. The normalized spacial score (nSPS) is 16.1. The summed E-state index contributed by atoms with van der Waals surface area (Å²) >= 11 is 0. The Morgan fingerprint density at radius 3 is 1.35 bits per heavy atom. The lowest BCUT2D eigenvalue weighted by Crippen LogP contribution is -2.33. The number of nitrogens with zero attached hydrogens (tertiary/aromatic N) is 2. The molecule has 2 aromatic heterocycles. The van der Waals surface area contributed by atoms with E-state index in [4.69, 9.17) is 0 Å². The molecule has 0 amide bonds. The SMILES string of the molecule is C1=CC(n2c3ccccc3c3cc(S(c4ccccc4)(c4ccccc4)c4ccccc4)ccc32)=C2c3ccccc3-n3c4c(c5ccc(S(c6ccccc6)(c6ccccc6)c6ccccc6)cc53)C=CC24C1. The quantitative estimate of drug-likeness (QED) is 0.136. The van der Waals surface area contributed by atoms with Crippen molar-refractivity contribution in [2.24, 2.45) is 0 Å². The first kappa shape index (κ1) is 43.1. The second-order valence-electron chi connectivity index (χ2n) is 19.6. The number of benzene rings is 10. The topological polar surface area (TPSA) is 9.86 Å². The maximum absolute atomic E-state index is 2.65. The fraction of sp³-hybridized carbons (Fsp3) is 0.0286. The maximum atomic E-state index is 2.65. The predicted octanol–water partition coefficient (Wildman–Crippen LogP) is 19.0. The Morgan fingerprint density at radius 2 is 0.797 bits per heavy atom. The Hall–Kier alpha value is -8.54. The summed E-state index contributed by atoms with van der Waals surface area (Å²) in [5, 5.41) is 3.80. The van der Waals surface area contributed by atoms with Crippen LogP contribution >= 0.6 is 20.1 Å². The number of fused-ring (bicyclic) bond motifs is 9. The summed E-state index contributed by atoms with van der Waals surface area (Å²) in [5.41, 5.74) is 11.1. The minimum absolute atomic E-state index is 0.389. The summed E-state index contributed by atoms with van der Waals surface area (Å²) in [6.45, 7) is 0. The van der Waals surface area contributed by atoms with E-state index in [9.17, 15) is 0 Å². The van der Waals surface area contributed by atoms with Crippen molar-refractivity contribution in [3.8, 4) is 5.69 Å². The Balaban J connectivity index is 0.982. The number of hydrogen-bond donors (Lipinski definition) is 0. The van der Waals surface area contributed by atoms with Gasteiger partial charge in [-0.15, -0.1) is 20.1 Å². The van der Waals surface area contributed by atoms with E-state index in [2.05, 4.69) is 300 Å². The van der Waals surface area contributed by atoms with E-state index in [-0.39, 0.29) is 5.41 Å². The van der Waals surface area contributed by atoms with Gasteiger partial charge in [-0.3, -0.25) is 0 Å². The van der Waals surface area contributed by atoms with E-state index in [0.29, 0.717) is 0 Å². The van der Waals surface area contributed by atoms with Crippen molar-refractivity contribution in [2.75, 3.05) is 0 Å². The highest BCUT2D eigenvalue weighted by Gasteiger charge is 2.49. The number of para-hydroxylation sites is 2. The Labute approximate surface area is 435 Å². The van der Waals surface area contributed by atoms with Crippen LogP contribution in [0.5, 0.6) is 0 Å². The molecule has 15 rings (SSSR count).